The molecule has 1 unspecified atom stereocenters. The molecule has 1 aromatic carbocycles. The van der Waals surface area contributed by atoms with Crippen LogP contribution >= 0.6 is 0 Å². The van der Waals surface area contributed by atoms with Gasteiger partial charge in [-0.3, -0.25) is 0 Å². The van der Waals surface area contributed by atoms with Gasteiger partial charge in [0.1, 0.15) is 7.05 Å². The van der Waals surface area contributed by atoms with Crippen LogP contribution in [0.2, 0.25) is 0 Å². The minimum absolute atomic E-state index is 0.542. The van der Waals surface area contributed by atoms with Crippen LogP contribution in [0, 0.1) is 12.8 Å². The third kappa shape index (κ3) is 1.86. The van der Waals surface area contributed by atoms with Crippen LogP contribution in [0.3, 0.4) is 0 Å². The van der Waals surface area contributed by atoms with E-state index in [4.69, 9.17) is 0 Å². The van der Waals surface area contributed by atoms with E-state index in [1.54, 1.807) is 0 Å². The van der Waals surface area contributed by atoms with E-state index in [-0.39, 0.29) is 0 Å². The Bertz CT molecular complexity index is 600. The van der Waals surface area contributed by atoms with Crippen molar-refractivity contribution in [2.75, 3.05) is 7.05 Å². The van der Waals surface area contributed by atoms with Crippen molar-refractivity contribution in [1.82, 2.24) is 0 Å². The van der Waals surface area contributed by atoms with E-state index in [0.717, 1.165) is 6.42 Å². The molecule has 0 bridgehead atoms. The minimum atomic E-state index is 0.542. The van der Waals surface area contributed by atoms with Gasteiger partial charge in [-0.2, -0.15) is 0 Å². The maximum atomic E-state index is 2.30. The molecule has 0 N–H and O–H groups in total. The number of aryl methyl sites for hydroxylation is 1. The second-order valence-corrected chi connectivity index (χ2v) is 5.06. The largest absolute Gasteiger partial charge is 0.204 e. The van der Waals surface area contributed by atoms with Crippen LogP contribution in [-0.4, -0.2) is 17.3 Å². The Morgan fingerprint density at radius 1 is 1.17 bits per heavy atom. The SMILES string of the molecule is Cc1ccccc1C1=[N+](C)C=C2C=CC=CC2C1. The molecule has 0 saturated carbocycles. The Morgan fingerprint density at radius 2 is 2.00 bits per heavy atom. The Kier molecular flexibility index (Phi) is 2.75. The minimum Gasteiger partial charge on any atom is -0.204 e. The topological polar surface area (TPSA) is 3.01 Å². The summed E-state index contributed by atoms with van der Waals surface area (Å²) in [6, 6.07) is 8.64. The molecule has 0 spiro atoms. The van der Waals surface area contributed by atoms with Gasteiger partial charge in [0.15, 0.2) is 11.9 Å². The lowest BCUT2D eigenvalue weighted by atomic mass is 9.85. The molecule has 0 amide bonds. The number of rotatable bonds is 1. The molecule has 0 radical (unpaired) electrons. The van der Waals surface area contributed by atoms with E-state index in [1.165, 1.54) is 22.4 Å². The highest BCUT2D eigenvalue weighted by molar-refractivity contribution is 5.99. The van der Waals surface area contributed by atoms with Gasteiger partial charge in [0.2, 0.25) is 0 Å². The van der Waals surface area contributed by atoms with Crippen LogP contribution in [-0.2, 0) is 0 Å². The Balaban J connectivity index is 2.08. The summed E-state index contributed by atoms with van der Waals surface area (Å²) in [6.45, 7) is 2.19. The van der Waals surface area contributed by atoms with Gasteiger partial charge in [-0.05, 0) is 18.6 Å². The second-order valence-electron chi connectivity index (χ2n) is 5.06. The van der Waals surface area contributed by atoms with Crippen LogP contribution in [0.4, 0.5) is 0 Å². The number of hydrogen-bond donors (Lipinski definition) is 0. The van der Waals surface area contributed by atoms with Gasteiger partial charge < -0.3 is 0 Å². The first-order valence-electron chi connectivity index (χ1n) is 6.47. The van der Waals surface area contributed by atoms with E-state index in [1.807, 2.05) is 0 Å². The van der Waals surface area contributed by atoms with E-state index >= 15 is 0 Å². The standard InChI is InChI=1S/C17H18N/c1-13-7-3-6-10-16(13)17-11-14-8-4-5-9-15(14)12-18(17)2/h3-10,12,14H,11H2,1-2H3/q+1. The van der Waals surface area contributed by atoms with Crippen molar-refractivity contribution in [3.8, 4) is 0 Å². The highest BCUT2D eigenvalue weighted by Crippen LogP contribution is 2.28. The van der Waals surface area contributed by atoms with Crippen molar-refractivity contribution in [1.29, 1.82) is 0 Å². The van der Waals surface area contributed by atoms with Gasteiger partial charge in [-0.15, -0.1) is 0 Å². The van der Waals surface area contributed by atoms with Gasteiger partial charge in [0.05, 0.1) is 0 Å². The van der Waals surface area contributed by atoms with Crippen molar-refractivity contribution < 1.29 is 4.58 Å². The predicted molar refractivity (Wildman–Crippen MR) is 75.9 cm³/mol. The zero-order chi connectivity index (χ0) is 12.5. The fourth-order valence-corrected chi connectivity index (χ4v) is 2.77. The molecule has 2 aliphatic rings. The van der Waals surface area contributed by atoms with Crippen molar-refractivity contribution in [2.45, 2.75) is 13.3 Å². The summed E-state index contributed by atoms with van der Waals surface area (Å²) in [7, 11) is 2.15. The molecule has 1 aliphatic carbocycles. The van der Waals surface area contributed by atoms with E-state index in [9.17, 15) is 0 Å². The average molecular weight is 236 g/mol. The van der Waals surface area contributed by atoms with Crippen molar-refractivity contribution in [3.63, 3.8) is 0 Å². The molecule has 1 aliphatic heterocycles. The second kappa shape index (κ2) is 4.41. The van der Waals surface area contributed by atoms with Crippen molar-refractivity contribution in [3.05, 3.63) is 71.5 Å². The van der Waals surface area contributed by atoms with Crippen LogP contribution in [0.1, 0.15) is 17.5 Å². The monoisotopic (exact) mass is 236 g/mol. The lowest BCUT2D eigenvalue weighted by molar-refractivity contribution is -0.426. The van der Waals surface area contributed by atoms with Gasteiger partial charge in [0, 0.05) is 23.5 Å². The number of hydrogen-bond acceptors (Lipinski definition) is 0. The summed E-state index contributed by atoms with van der Waals surface area (Å²) >= 11 is 0. The zero-order valence-electron chi connectivity index (χ0n) is 10.9. The molecule has 0 aromatic heterocycles. The van der Waals surface area contributed by atoms with Gasteiger partial charge >= 0.3 is 0 Å². The third-order valence-corrected chi connectivity index (χ3v) is 3.81. The lowest BCUT2D eigenvalue weighted by Gasteiger charge is -2.20. The lowest BCUT2D eigenvalue weighted by Crippen LogP contribution is -2.25. The predicted octanol–water partition coefficient (Wildman–Crippen LogP) is 3.46. The van der Waals surface area contributed by atoms with Crippen LogP contribution in [0.5, 0.6) is 0 Å². The fourth-order valence-electron chi connectivity index (χ4n) is 2.77. The molecule has 0 saturated heterocycles. The third-order valence-electron chi connectivity index (χ3n) is 3.81. The smallest absolute Gasteiger partial charge is 0.189 e. The average Bonchev–Trinajstić information content (AvgIpc) is 2.39. The number of allylic oxidation sites excluding steroid dienone is 5. The van der Waals surface area contributed by atoms with Crippen molar-refractivity contribution >= 4 is 5.71 Å². The zero-order valence-corrected chi connectivity index (χ0v) is 10.9. The molecule has 1 nitrogen and oxygen atoms in total. The van der Waals surface area contributed by atoms with Gasteiger partial charge in [-0.1, -0.05) is 42.5 Å². The molecule has 1 aromatic rings. The van der Waals surface area contributed by atoms with E-state index in [2.05, 4.69) is 73.3 Å². The summed E-state index contributed by atoms with van der Waals surface area (Å²) in [5.74, 6) is 0.542. The Morgan fingerprint density at radius 3 is 2.83 bits per heavy atom. The molecule has 0 fully saturated rings. The van der Waals surface area contributed by atoms with Gasteiger partial charge in [-0.25, -0.2) is 4.58 Å². The molecular formula is C17H18N+. The van der Waals surface area contributed by atoms with Crippen molar-refractivity contribution in [2.24, 2.45) is 5.92 Å². The highest BCUT2D eigenvalue weighted by Gasteiger charge is 2.27. The number of benzene rings is 1. The molecule has 3 rings (SSSR count). The molecule has 18 heavy (non-hydrogen) atoms. The highest BCUT2D eigenvalue weighted by atomic mass is 15.0. The molecule has 1 heterocycles. The Labute approximate surface area is 108 Å². The van der Waals surface area contributed by atoms with Crippen LogP contribution in [0.25, 0.3) is 0 Å². The van der Waals surface area contributed by atoms with Crippen LogP contribution < -0.4 is 0 Å². The normalized spacial score (nSPS) is 21.9. The van der Waals surface area contributed by atoms with E-state index < -0.39 is 0 Å². The van der Waals surface area contributed by atoms with Gasteiger partial charge in [0.25, 0.3) is 0 Å². The summed E-state index contributed by atoms with van der Waals surface area (Å²) in [5.41, 5.74) is 5.56. The van der Waals surface area contributed by atoms with Crippen LogP contribution in [0.15, 0.2) is 60.3 Å². The first-order chi connectivity index (χ1) is 8.75. The number of nitrogens with zero attached hydrogens (tertiary/aromatic N) is 1. The molecular weight excluding hydrogens is 218 g/mol. The first-order valence-corrected chi connectivity index (χ1v) is 6.47. The summed E-state index contributed by atoms with van der Waals surface area (Å²) < 4.78 is 2.28. The summed E-state index contributed by atoms with van der Waals surface area (Å²) in [6.07, 6.45) is 12.1. The maximum Gasteiger partial charge on any atom is 0.189 e. The molecule has 90 valence electrons. The summed E-state index contributed by atoms with van der Waals surface area (Å²) in [4.78, 5) is 0. The quantitative estimate of drug-likeness (QED) is 0.657. The Hall–Kier alpha value is -1.89. The number of fused-ring (bicyclic) bond motifs is 1. The fraction of sp³-hybridized carbons (Fsp3) is 0.235. The maximum absolute atomic E-state index is 2.30. The first kappa shape index (κ1) is 11.2. The molecule has 1 heteroatoms. The molecule has 1 atom stereocenters. The summed E-state index contributed by atoms with van der Waals surface area (Å²) in [5, 5.41) is 0. The van der Waals surface area contributed by atoms with E-state index in [0.29, 0.717) is 5.92 Å².